The molecule has 2 radical (unpaired) electrons. The van der Waals surface area contributed by atoms with Crippen molar-refractivity contribution in [3.63, 3.8) is 0 Å². The van der Waals surface area contributed by atoms with Gasteiger partial charge >= 0.3 is 0 Å². The van der Waals surface area contributed by atoms with Crippen molar-refractivity contribution in [2.24, 2.45) is 0 Å². The van der Waals surface area contributed by atoms with Crippen LogP contribution >= 0.6 is 0 Å². The highest BCUT2D eigenvalue weighted by Gasteiger charge is 2.10. The summed E-state index contributed by atoms with van der Waals surface area (Å²) in [7, 11) is 5.56. The molecule has 0 fully saturated rings. The first-order chi connectivity index (χ1) is 4.36. The largest absolute Gasteiger partial charge is 0.113 e. The van der Waals surface area contributed by atoms with Crippen molar-refractivity contribution in [2.75, 3.05) is 0 Å². The molecule has 0 saturated heterocycles. The summed E-state index contributed by atoms with van der Waals surface area (Å²) in [5.74, 6) is 0. The van der Waals surface area contributed by atoms with Crippen LogP contribution in [-0.2, 0) is 12.8 Å². The highest BCUT2D eigenvalue weighted by atomic mass is 14.1. The van der Waals surface area contributed by atoms with Crippen molar-refractivity contribution in [2.45, 2.75) is 12.8 Å². The van der Waals surface area contributed by atoms with E-state index in [-0.39, 0.29) is 0 Å². The molecule has 2 rings (SSSR count). The first-order valence-corrected chi connectivity index (χ1v) is 3.23. The minimum atomic E-state index is 0.897. The first kappa shape index (κ1) is 5.10. The molecule has 1 aromatic rings. The lowest BCUT2D eigenvalue weighted by Gasteiger charge is -2.18. The van der Waals surface area contributed by atoms with E-state index in [0.717, 1.165) is 5.46 Å². The van der Waals surface area contributed by atoms with Gasteiger partial charge in [-0.05, 0) is 24.0 Å². The summed E-state index contributed by atoms with van der Waals surface area (Å²) >= 11 is 0. The van der Waals surface area contributed by atoms with Crippen LogP contribution in [0.15, 0.2) is 18.2 Å². The summed E-state index contributed by atoms with van der Waals surface area (Å²) in [6.07, 6.45) is 2.47. The molecule has 0 unspecified atom stereocenters. The number of benzene rings is 1. The smallest absolute Gasteiger partial charge is 0.0964 e. The van der Waals surface area contributed by atoms with E-state index in [1.165, 1.54) is 24.0 Å². The third kappa shape index (κ3) is 0.681. The Morgan fingerprint density at radius 1 is 1.11 bits per heavy atom. The monoisotopic (exact) mass is 114 g/mol. The van der Waals surface area contributed by atoms with Crippen LogP contribution in [0.1, 0.15) is 11.1 Å². The van der Waals surface area contributed by atoms with E-state index < -0.39 is 0 Å². The molecule has 0 atom stereocenters. The highest BCUT2D eigenvalue weighted by molar-refractivity contribution is 6.32. The molecule has 1 aliphatic carbocycles. The van der Waals surface area contributed by atoms with Crippen LogP contribution in [0.25, 0.3) is 0 Å². The van der Waals surface area contributed by atoms with Gasteiger partial charge in [0.05, 0.1) is 0 Å². The summed E-state index contributed by atoms with van der Waals surface area (Å²) in [5, 5.41) is 0. The summed E-state index contributed by atoms with van der Waals surface area (Å²) in [4.78, 5) is 0. The van der Waals surface area contributed by atoms with Gasteiger partial charge in [0.1, 0.15) is 7.85 Å². The van der Waals surface area contributed by atoms with Gasteiger partial charge < -0.3 is 0 Å². The average molecular weight is 114 g/mol. The molecule has 0 N–H and O–H groups in total. The maximum Gasteiger partial charge on any atom is 0.113 e. The SMILES string of the molecule is [B]c1ccc2c(c1)CC2. The van der Waals surface area contributed by atoms with Gasteiger partial charge in [-0.1, -0.05) is 23.7 Å². The maximum atomic E-state index is 5.56. The Morgan fingerprint density at radius 3 is 2.33 bits per heavy atom. The molecule has 0 nitrogen and oxygen atoms in total. The molecule has 1 aliphatic rings. The van der Waals surface area contributed by atoms with Gasteiger partial charge in [0.25, 0.3) is 0 Å². The molecule has 1 aromatic carbocycles. The van der Waals surface area contributed by atoms with Crippen LogP contribution in [0.2, 0.25) is 0 Å². The predicted octanol–water partition coefficient (Wildman–Crippen LogP) is 0.579. The lowest BCUT2D eigenvalue weighted by Crippen LogP contribution is -2.13. The molecule has 1 heteroatoms. The molecule has 0 amide bonds. The highest BCUT2D eigenvalue weighted by Crippen LogP contribution is 2.19. The normalized spacial score (nSPS) is 14.2. The number of rotatable bonds is 0. The van der Waals surface area contributed by atoms with E-state index in [4.69, 9.17) is 7.85 Å². The second-order valence-electron chi connectivity index (χ2n) is 2.53. The van der Waals surface area contributed by atoms with E-state index in [1.54, 1.807) is 0 Å². The minimum absolute atomic E-state index is 0.897. The molecule has 0 saturated carbocycles. The van der Waals surface area contributed by atoms with Crippen molar-refractivity contribution in [3.05, 3.63) is 29.3 Å². The van der Waals surface area contributed by atoms with Crippen LogP contribution in [-0.4, -0.2) is 7.85 Å². The minimum Gasteiger partial charge on any atom is -0.0964 e. The van der Waals surface area contributed by atoms with E-state index in [2.05, 4.69) is 12.1 Å². The Labute approximate surface area is 56.3 Å². The predicted molar refractivity (Wildman–Crippen MR) is 39.2 cm³/mol. The van der Waals surface area contributed by atoms with Crippen molar-refractivity contribution < 1.29 is 0 Å². The van der Waals surface area contributed by atoms with Gasteiger partial charge in [-0.25, -0.2) is 0 Å². The molecule has 0 heterocycles. The standard InChI is InChI=1S/C8H7B/c9-8-4-3-6-1-2-7(6)5-8/h3-5H,1-2H2. The summed E-state index contributed by atoms with van der Waals surface area (Å²) < 4.78 is 0. The third-order valence-corrected chi connectivity index (χ3v) is 1.89. The Bertz CT molecular complexity index is 240. The number of aryl methyl sites for hydroxylation is 2. The van der Waals surface area contributed by atoms with Gasteiger partial charge in [0.15, 0.2) is 0 Å². The summed E-state index contributed by atoms with van der Waals surface area (Å²) in [5.41, 5.74) is 3.81. The van der Waals surface area contributed by atoms with Crippen molar-refractivity contribution in [3.8, 4) is 0 Å². The van der Waals surface area contributed by atoms with Crippen LogP contribution in [0, 0.1) is 0 Å². The fraction of sp³-hybridized carbons (Fsp3) is 0.250. The fourth-order valence-corrected chi connectivity index (χ4v) is 1.22. The van der Waals surface area contributed by atoms with E-state index in [1.807, 2.05) is 6.07 Å². The average Bonchev–Trinajstić information content (AvgIpc) is 1.78. The number of fused-ring (bicyclic) bond motifs is 1. The van der Waals surface area contributed by atoms with Gasteiger partial charge in [0.2, 0.25) is 0 Å². The molecule has 0 aliphatic heterocycles. The van der Waals surface area contributed by atoms with Crippen molar-refractivity contribution >= 4 is 13.3 Å². The van der Waals surface area contributed by atoms with Gasteiger partial charge in [-0.2, -0.15) is 0 Å². The zero-order valence-electron chi connectivity index (χ0n) is 5.22. The zero-order chi connectivity index (χ0) is 6.27. The van der Waals surface area contributed by atoms with Gasteiger partial charge in [0, 0.05) is 0 Å². The van der Waals surface area contributed by atoms with Crippen molar-refractivity contribution in [1.82, 2.24) is 0 Å². The van der Waals surface area contributed by atoms with E-state index in [9.17, 15) is 0 Å². The van der Waals surface area contributed by atoms with Crippen LogP contribution in [0.4, 0.5) is 0 Å². The molecular weight excluding hydrogens is 107 g/mol. The Morgan fingerprint density at radius 2 is 1.89 bits per heavy atom. The molecule has 0 aromatic heterocycles. The molecule has 42 valence electrons. The molecular formula is C8H7B. The van der Waals surface area contributed by atoms with Crippen LogP contribution in [0.5, 0.6) is 0 Å². The second-order valence-corrected chi connectivity index (χ2v) is 2.53. The quantitative estimate of drug-likeness (QED) is 0.432. The summed E-state index contributed by atoms with van der Waals surface area (Å²) in [6.45, 7) is 0. The Balaban J connectivity index is 2.57. The summed E-state index contributed by atoms with van der Waals surface area (Å²) in [6, 6.07) is 6.16. The molecule has 0 spiro atoms. The fourth-order valence-electron chi connectivity index (χ4n) is 1.22. The third-order valence-electron chi connectivity index (χ3n) is 1.89. The number of hydrogen-bond donors (Lipinski definition) is 0. The first-order valence-electron chi connectivity index (χ1n) is 3.23. The second kappa shape index (κ2) is 1.63. The Hall–Kier alpha value is -0.715. The maximum absolute atomic E-state index is 5.56. The van der Waals surface area contributed by atoms with Crippen molar-refractivity contribution in [1.29, 1.82) is 0 Å². The molecule has 0 bridgehead atoms. The van der Waals surface area contributed by atoms with E-state index in [0.29, 0.717) is 0 Å². The van der Waals surface area contributed by atoms with Crippen LogP contribution < -0.4 is 5.46 Å². The Kier molecular flexibility index (Phi) is 0.924. The van der Waals surface area contributed by atoms with Gasteiger partial charge in [-0.15, -0.1) is 0 Å². The van der Waals surface area contributed by atoms with E-state index >= 15 is 0 Å². The lowest BCUT2D eigenvalue weighted by atomic mass is 9.83. The molecule has 9 heavy (non-hydrogen) atoms. The topological polar surface area (TPSA) is 0 Å². The zero-order valence-corrected chi connectivity index (χ0v) is 5.22. The lowest BCUT2D eigenvalue weighted by molar-refractivity contribution is 0.841. The van der Waals surface area contributed by atoms with Gasteiger partial charge in [-0.3, -0.25) is 0 Å². The number of hydrogen-bond acceptors (Lipinski definition) is 0. The van der Waals surface area contributed by atoms with Crippen LogP contribution in [0.3, 0.4) is 0 Å².